The lowest BCUT2D eigenvalue weighted by Crippen LogP contribution is -2.27. The zero-order valence-electron chi connectivity index (χ0n) is 15.0. The summed E-state index contributed by atoms with van der Waals surface area (Å²) in [7, 11) is 1.83. The maximum Gasteiger partial charge on any atom is 0.233 e. The molecule has 3 rings (SSSR count). The van der Waals surface area contributed by atoms with Crippen molar-refractivity contribution in [3.05, 3.63) is 66.2 Å². The topological polar surface area (TPSA) is 51.0 Å². The van der Waals surface area contributed by atoms with Gasteiger partial charge in [0.15, 0.2) is 11.0 Å². The van der Waals surface area contributed by atoms with Crippen LogP contribution in [0.3, 0.4) is 0 Å². The molecule has 6 heteroatoms. The van der Waals surface area contributed by atoms with Crippen LogP contribution in [-0.4, -0.2) is 38.4 Å². The highest BCUT2D eigenvalue weighted by Crippen LogP contribution is 2.24. The molecule has 0 N–H and O–H groups in total. The third kappa shape index (κ3) is 4.32. The van der Waals surface area contributed by atoms with Crippen molar-refractivity contribution in [2.45, 2.75) is 25.2 Å². The van der Waals surface area contributed by atoms with Gasteiger partial charge in [0.2, 0.25) is 5.91 Å². The fourth-order valence-electron chi connectivity index (χ4n) is 2.66. The van der Waals surface area contributed by atoms with Gasteiger partial charge >= 0.3 is 0 Å². The Hall–Kier alpha value is -2.60. The Morgan fingerprint density at radius 2 is 1.69 bits per heavy atom. The molecule has 0 radical (unpaired) electrons. The summed E-state index contributed by atoms with van der Waals surface area (Å²) in [6, 6.07) is 20.0. The van der Waals surface area contributed by atoms with Crippen molar-refractivity contribution in [3.8, 4) is 11.4 Å². The summed E-state index contributed by atoms with van der Waals surface area (Å²) in [6.07, 6.45) is 0. The number of rotatable bonds is 7. The Labute approximate surface area is 158 Å². The molecule has 1 aromatic heterocycles. The Morgan fingerprint density at radius 3 is 2.35 bits per heavy atom. The van der Waals surface area contributed by atoms with Gasteiger partial charge < -0.3 is 9.47 Å². The Kier molecular flexibility index (Phi) is 6.07. The van der Waals surface area contributed by atoms with Crippen LogP contribution in [0, 0.1) is 0 Å². The predicted molar refractivity (Wildman–Crippen MR) is 105 cm³/mol. The Balaban J connectivity index is 1.64. The second-order valence-corrected chi connectivity index (χ2v) is 6.88. The van der Waals surface area contributed by atoms with Gasteiger partial charge in [-0.05, 0) is 12.5 Å². The lowest BCUT2D eigenvalue weighted by molar-refractivity contribution is -0.127. The van der Waals surface area contributed by atoms with E-state index in [-0.39, 0.29) is 5.91 Å². The molecule has 0 bridgehead atoms. The highest BCUT2D eigenvalue weighted by Gasteiger charge is 2.16. The molecule has 0 spiro atoms. The monoisotopic (exact) mass is 366 g/mol. The van der Waals surface area contributed by atoms with E-state index in [2.05, 4.69) is 17.1 Å². The molecule has 3 aromatic rings. The summed E-state index contributed by atoms with van der Waals surface area (Å²) in [4.78, 5) is 14.2. The van der Waals surface area contributed by atoms with Crippen LogP contribution in [0.2, 0.25) is 0 Å². The van der Waals surface area contributed by atoms with Crippen molar-refractivity contribution >= 4 is 17.7 Å². The lowest BCUT2D eigenvalue weighted by atomic mass is 10.2. The molecule has 0 aliphatic rings. The minimum atomic E-state index is 0.0748. The van der Waals surface area contributed by atoms with Crippen LogP contribution in [0.25, 0.3) is 11.4 Å². The first-order valence-corrected chi connectivity index (χ1v) is 9.57. The van der Waals surface area contributed by atoms with Crippen LogP contribution >= 0.6 is 11.8 Å². The average molecular weight is 366 g/mol. The molecule has 0 aliphatic carbocycles. The van der Waals surface area contributed by atoms with Gasteiger partial charge in [-0.1, -0.05) is 72.4 Å². The zero-order chi connectivity index (χ0) is 18.4. The highest BCUT2D eigenvalue weighted by atomic mass is 32.2. The second-order valence-electron chi connectivity index (χ2n) is 5.94. The minimum Gasteiger partial charge on any atom is -0.341 e. The van der Waals surface area contributed by atoms with Crippen molar-refractivity contribution in [2.75, 3.05) is 12.8 Å². The summed E-state index contributed by atoms with van der Waals surface area (Å²) < 4.78 is 2.05. The number of aromatic nitrogens is 3. The average Bonchev–Trinajstić information content (AvgIpc) is 3.10. The highest BCUT2D eigenvalue weighted by molar-refractivity contribution is 7.99. The van der Waals surface area contributed by atoms with E-state index in [0.29, 0.717) is 12.3 Å². The molecule has 1 heterocycles. The second kappa shape index (κ2) is 8.67. The van der Waals surface area contributed by atoms with Crippen molar-refractivity contribution in [1.29, 1.82) is 0 Å². The minimum absolute atomic E-state index is 0.0748. The third-order valence-electron chi connectivity index (χ3n) is 4.08. The van der Waals surface area contributed by atoms with Crippen LogP contribution in [0.4, 0.5) is 0 Å². The number of hydrogen-bond acceptors (Lipinski definition) is 4. The van der Waals surface area contributed by atoms with E-state index in [9.17, 15) is 4.79 Å². The molecule has 5 nitrogen and oxygen atoms in total. The summed E-state index contributed by atoms with van der Waals surface area (Å²) in [6.45, 7) is 3.42. The molecule has 0 fully saturated rings. The van der Waals surface area contributed by atoms with Gasteiger partial charge in [-0.2, -0.15) is 0 Å². The van der Waals surface area contributed by atoms with Crippen LogP contribution in [0.5, 0.6) is 0 Å². The smallest absolute Gasteiger partial charge is 0.233 e. The first kappa shape index (κ1) is 18.2. The van der Waals surface area contributed by atoms with Gasteiger partial charge in [0.25, 0.3) is 0 Å². The maximum atomic E-state index is 12.4. The van der Waals surface area contributed by atoms with Gasteiger partial charge in [0.05, 0.1) is 5.75 Å². The van der Waals surface area contributed by atoms with E-state index < -0.39 is 0 Å². The standard InChI is InChI=1S/C20H22N4OS/c1-3-24-19(17-12-8-5-9-13-17)21-22-20(24)26-15-18(25)23(2)14-16-10-6-4-7-11-16/h4-13H,3,14-15H2,1-2H3. The van der Waals surface area contributed by atoms with E-state index in [0.717, 1.165) is 28.7 Å². The van der Waals surface area contributed by atoms with Crippen molar-refractivity contribution in [3.63, 3.8) is 0 Å². The predicted octanol–water partition coefficient (Wildman–Crippen LogP) is 3.72. The molecule has 0 aliphatic heterocycles. The number of nitrogens with zero attached hydrogens (tertiary/aromatic N) is 4. The van der Waals surface area contributed by atoms with Crippen LogP contribution in [-0.2, 0) is 17.9 Å². The van der Waals surface area contributed by atoms with Crippen LogP contribution < -0.4 is 0 Å². The molecule has 2 aromatic carbocycles. The van der Waals surface area contributed by atoms with E-state index in [4.69, 9.17) is 0 Å². The number of hydrogen-bond donors (Lipinski definition) is 0. The van der Waals surface area contributed by atoms with Gasteiger partial charge in [-0.15, -0.1) is 10.2 Å². The zero-order valence-corrected chi connectivity index (χ0v) is 15.8. The van der Waals surface area contributed by atoms with Gasteiger partial charge in [0.1, 0.15) is 0 Å². The SMILES string of the molecule is CCn1c(SCC(=O)N(C)Cc2ccccc2)nnc1-c1ccccc1. The van der Waals surface area contributed by atoms with Crippen LogP contribution in [0.15, 0.2) is 65.8 Å². The fraction of sp³-hybridized carbons (Fsp3) is 0.250. The van der Waals surface area contributed by atoms with E-state index in [1.165, 1.54) is 11.8 Å². The quantitative estimate of drug-likeness (QED) is 0.598. The fourth-order valence-corrected chi connectivity index (χ4v) is 3.61. The van der Waals surface area contributed by atoms with Gasteiger partial charge in [-0.25, -0.2) is 0 Å². The van der Waals surface area contributed by atoms with Gasteiger partial charge in [0, 0.05) is 25.7 Å². The van der Waals surface area contributed by atoms with Gasteiger partial charge in [-0.3, -0.25) is 4.79 Å². The van der Waals surface area contributed by atoms with Crippen molar-refractivity contribution < 1.29 is 4.79 Å². The molecule has 0 unspecified atom stereocenters. The number of amides is 1. The lowest BCUT2D eigenvalue weighted by Gasteiger charge is -2.17. The normalized spacial score (nSPS) is 10.7. The first-order chi connectivity index (χ1) is 12.7. The summed E-state index contributed by atoms with van der Waals surface area (Å²) in [5, 5.41) is 9.37. The Bertz CT molecular complexity index is 849. The molecule has 0 saturated carbocycles. The molecule has 0 saturated heterocycles. The molecular formula is C20H22N4OS. The summed E-state index contributed by atoms with van der Waals surface area (Å²) in [5.41, 5.74) is 2.15. The molecule has 0 atom stereocenters. The first-order valence-electron chi connectivity index (χ1n) is 8.58. The number of carbonyl (C=O) groups is 1. The molecular weight excluding hydrogens is 344 g/mol. The largest absolute Gasteiger partial charge is 0.341 e. The number of thioether (sulfide) groups is 1. The van der Waals surface area contributed by atoms with Crippen molar-refractivity contribution in [1.82, 2.24) is 19.7 Å². The Morgan fingerprint density at radius 1 is 1.04 bits per heavy atom. The number of benzene rings is 2. The van der Waals surface area contributed by atoms with Crippen LogP contribution in [0.1, 0.15) is 12.5 Å². The molecule has 134 valence electrons. The molecule has 26 heavy (non-hydrogen) atoms. The summed E-state index contributed by atoms with van der Waals surface area (Å²) in [5.74, 6) is 1.25. The van der Waals surface area contributed by atoms with E-state index >= 15 is 0 Å². The summed E-state index contributed by atoms with van der Waals surface area (Å²) >= 11 is 1.43. The number of carbonyl (C=O) groups excluding carboxylic acids is 1. The third-order valence-corrected chi connectivity index (χ3v) is 5.03. The van der Waals surface area contributed by atoms with E-state index in [1.54, 1.807) is 4.90 Å². The van der Waals surface area contributed by atoms with E-state index in [1.807, 2.05) is 72.3 Å². The maximum absolute atomic E-state index is 12.4. The molecule has 1 amide bonds. The van der Waals surface area contributed by atoms with Crippen molar-refractivity contribution in [2.24, 2.45) is 0 Å².